The molecule has 2 amide bonds. The van der Waals surface area contributed by atoms with Gasteiger partial charge < -0.3 is 4.74 Å². The topological polar surface area (TPSA) is 72.0 Å². The number of carbonyl (C=O) groups excluding carboxylic acids is 2. The lowest BCUT2D eigenvalue weighted by molar-refractivity contribution is -0.126. The summed E-state index contributed by atoms with van der Waals surface area (Å²) in [6, 6.07) is 17.6. The fraction of sp³-hybridized carbons (Fsp3) is 0.174. The molecule has 0 unspecified atom stereocenters. The van der Waals surface area contributed by atoms with Crippen molar-refractivity contribution in [1.82, 2.24) is 4.98 Å². The molecule has 2 aliphatic heterocycles. The predicted octanol–water partition coefficient (Wildman–Crippen LogP) is 3.90. The Balaban J connectivity index is 1.55. The standard InChI is InChI=1S/C23H18BrN3O4/c1-30-18-10-8-16(9-11-18)26-22(28)19-20(14-3-2-12-25-13-14)27(31-21(19)23(26)29)17-6-4-15(24)5-7-17/h2-13,19-21H,1H3/t19-,20-,21+/m1/s1. The number of pyridine rings is 1. The van der Waals surface area contributed by atoms with Gasteiger partial charge in [-0.3, -0.25) is 19.4 Å². The predicted molar refractivity (Wildman–Crippen MR) is 117 cm³/mol. The first-order valence-electron chi connectivity index (χ1n) is 9.72. The molecule has 0 spiro atoms. The van der Waals surface area contributed by atoms with Crippen LogP contribution in [-0.4, -0.2) is 30.0 Å². The number of imide groups is 1. The molecule has 0 bridgehead atoms. The molecule has 0 N–H and O–H groups in total. The SMILES string of the molecule is COc1ccc(N2C(=O)[C@H]3[C@H](ON(c4ccc(Br)cc4)[C@@H]3c3cccnc3)C2=O)cc1. The number of benzene rings is 2. The molecule has 1 aromatic heterocycles. The first kappa shape index (κ1) is 19.7. The lowest BCUT2D eigenvalue weighted by Crippen LogP contribution is -2.37. The normalized spacial score (nSPS) is 22.7. The van der Waals surface area contributed by atoms with Crippen molar-refractivity contribution in [2.75, 3.05) is 17.1 Å². The molecule has 2 aliphatic rings. The van der Waals surface area contributed by atoms with Gasteiger partial charge in [0.05, 0.1) is 24.5 Å². The van der Waals surface area contributed by atoms with Gasteiger partial charge in [-0.15, -0.1) is 0 Å². The maximum atomic E-state index is 13.5. The Bertz CT molecular complexity index is 1120. The minimum Gasteiger partial charge on any atom is -0.497 e. The molecule has 156 valence electrons. The number of aromatic nitrogens is 1. The monoisotopic (exact) mass is 479 g/mol. The number of anilines is 2. The van der Waals surface area contributed by atoms with Gasteiger partial charge in [0.15, 0.2) is 6.10 Å². The van der Waals surface area contributed by atoms with E-state index in [-0.39, 0.29) is 11.8 Å². The van der Waals surface area contributed by atoms with Crippen molar-refractivity contribution < 1.29 is 19.2 Å². The van der Waals surface area contributed by atoms with Gasteiger partial charge in [-0.25, -0.2) is 9.96 Å². The smallest absolute Gasteiger partial charge is 0.266 e. The Morgan fingerprint density at radius 3 is 2.32 bits per heavy atom. The summed E-state index contributed by atoms with van der Waals surface area (Å²) in [5.74, 6) is -0.723. The maximum absolute atomic E-state index is 13.5. The number of hydrogen-bond donors (Lipinski definition) is 0. The Hall–Kier alpha value is -3.23. The third-order valence-electron chi connectivity index (χ3n) is 5.55. The van der Waals surface area contributed by atoms with Gasteiger partial charge >= 0.3 is 0 Å². The van der Waals surface area contributed by atoms with Crippen LogP contribution in [0.3, 0.4) is 0 Å². The highest BCUT2D eigenvalue weighted by atomic mass is 79.9. The Morgan fingerprint density at radius 1 is 0.968 bits per heavy atom. The summed E-state index contributed by atoms with van der Waals surface area (Å²) < 4.78 is 6.10. The van der Waals surface area contributed by atoms with Gasteiger partial charge in [0, 0.05) is 16.9 Å². The summed E-state index contributed by atoms with van der Waals surface area (Å²) in [4.78, 5) is 38.3. The first-order chi connectivity index (χ1) is 15.1. The minimum absolute atomic E-state index is 0.298. The molecule has 7 nitrogen and oxygen atoms in total. The van der Waals surface area contributed by atoms with Gasteiger partial charge in [-0.05, 0) is 60.2 Å². The molecule has 31 heavy (non-hydrogen) atoms. The zero-order valence-corrected chi connectivity index (χ0v) is 18.1. The van der Waals surface area contributed by atoms with Crippen molar-refractivity contribution in [3.05, 3.63) is 83.1 Å². The van der Waals surface area contributed by atoms with Crippen LogP contribution in [0.5, 0.6) is 5.75 Å². The van der Waals surface area contributed by atoms with Crippen LogP contribution in [0.4, 0.5) is 11.4 Å². The van der Waals surface area contributed by atoms with Crippen molar-refractivity contribution in [2.45, 2.75) is 12.1 Å². The van der Waals surface area contributed by atoms with E-state index >= 15 is 0 Å². The lowest BCUT2D eigenvalue weighted by Gasteiger charge is -2.28. The number of amides is 2. The van der Waals surface area contributed by atoms with Crippen molar-refractivity contribution in [3.8, 4) is 5.75 Å². The van der Waals surface area contributed by atoms with Crippen molar-refractivity contribution >= 4 is 39.1 Å². The summed E-state index contributed by atoms with van der Waals surface area (Å²) in [7, 11) is 1.56. The highest BCUT2D eigenvalue weighted by Gasteiger charge is 2.60. The number of carbonyl (C=O) groups is 2. The van der Waals surface area contributed by atoms with Crippen LogP contribution in [0.2, 0.25) is 0 Å². The van der Waals surface area contributed by atoms with E-state index < -0.39 is 18.1 Å². The molecule has 0 saturated carbocycles. The number of hydroxylamine groups is 1. The molecule has 8 heteroatoms. The lowest BCUT2D eigenvalue weighted by atomic mass is 9.91. The highest BCUT2D eigenvalue weighted by Crippen LogP contribution is 2.47. The molecular formula is C23H18BrN3O4. The second-order valence-electron chi connectivity index (χ2n) is 7.30. The van der Waals surface area contributed by atoms with Crippen LogP contribution < -0.4 is 14.7 Å². The molecule has 0 radical (unpaired) electrons. The van der Waals surface area contributed by atoms with Crippen LogP contribution in [0.15, 0.2) is 77.5 Å². The average molecular weight is 480 g/mol. The molecule has 3 aromatic rings. The molecular weight excluding hydrogens is 462 g/mol. The molecule has 2 fully saturated rings. The van der Waals surface area contributed by atoms with E-state index in [2.05, 4.69) is 20.9 Å². The molecule has 2 saturated heterocycles. The van der Waals surface area contributed by atoms with Crippen LogP contribution in [0.1, 0.15) is 11.6 Å². The fourth-order valence-corrected chi connectivity index (χ4v) is 4.37. The van der Waals surface area contributed by atoms with E-state index in [1.54, 1.807) is 48.8 Å². The third-order valence-corrected chi connectivity index (χ3v) is 6.08. The van der Waals surface area contributed by atoms with Gasteiger partial charge in [-0.2, -0.15) is 0 Å². The van der Waals surface area contributed by atoms with Gasteiger partial charge in [0.2, 0.25) is 5.91 Å². The number of nitrogens with zero attached hydrogens (tertiary/aromatic N) is 3. The zero-order chi connectivity index (χ0) is 21.5. The average Bonchev–Trinajstić information content (AvgIpc) is 3.31. The van der Waals surface area contributed by atoms with E-state index in [0.29, 0.717) is 11.4 Å². The van der Waals surface area contributed by atoms with E-state index in [1.165, 1.54) is 4.90 Å². The molecule has 5 rings (SSSR count). The van der Waals surface area contributed by atoms with Gasteiger partial charge in [-0.1, -0.05) is 22.0 Å². The molecule has 3 atom stereocenters. The first-order valence-corrected chi connectivity index (χ1v) is 10.5. The number of methoxy groups -OCH3 is 1. The Labute approximate surface area is 187 Å². The summed E-state index contributed by atoms with van der Waals surface area (Å²) in [6.07, 6.45) is 2.46. The number of ether oxygens (including phenoxy) is 1. The van der Waals surface area contributed by atoms with Crippen LogP contribution in [0, 0.1) is 5.92 Å². The number of halogens is 1. The second-order valence-corrected chi connectivity index (χ2v) is 8.21. The van der Waals surface area contributed by atoms with E-state index in [9.17, 15) is 9.59 Å². The summed E-state index contributed by atoms with van der Waals surface area (Å²) in [5.41, 5.74) is 2.05. The van der Waals surface area contributed by atoms with Gasteiger partial charge in [0.25, 0.3) is 5.91 Å². The third kappa shape index (κ3) is 3.28. The zero-order valence-electron chi connectivity index (χ0n) is 16.5. The Morgan fingerprint density at radius 2 is 1.68 bits per heavy atom. The highest BCUT2D eigenvalue weighted by molar-refractivity contribution is 9.10. The fourth-order valence-electron chi connectivity index (χ4n) is 4.10. The van der Waals surface area contributed by atoms with Crippen LogP contribution in [0.25, 0.3) is 0 Å². The second kappa shape index (κ2) is 7.79. The van der Waals surface area contributed by atoms with Crippen molar-refractivity contribution in [2.24, 2.45) is 5.92 Å². The number of fused-ring (bicyclic) bond motifs is 1. The summed E-state index contributed by atoms with van der Waals surface area (Å²) >= 11 is 3.43. The van der Waals surface area contributed by atoms with Crippen molar-refractivity contribution in [3.63, 3.8) is 0 Å². The summed E-state index contributed by atoms with van der Waals surface area (Å²) in [5, 5.41) is 1.65. The summed E-state index contributed by atoms with van der Waals surface area (Å²) in [6.45, 7) is 0. The van der Waals surface area contributed by atoms with E-state index in [0.717, 1.165) is 15.7 Å². The minimum atomic E-state index is -0.913. The van der Waals surface area contributed by atoms with Gasteiger partial charge in [0.1, 0.15) is 11.7 Å². The van der Waals surface area contributed by atoms with E-state index in [4.69, 9.17) is 9.57 Å². The van der Waals surface area contributed by atoms with Crippen LogP contribution in [-0.2, 0) is 14.4 Å². The Kier molecular flexibility index (Phi) is 4.95. The quantitative estimate of drug-likeness (QED) is 0.528. The number of hydrogen-bond acceptors (Lipinski definition) is 6. The largest absolute Gasteiger partial charge is 0.497 e. The van der Waals surface area contributed by atoms with E-state index in [1.807, 2.05) is 36.4 Å². The molecule has 3 heterocycles. The van der Waals surface area contributed by atoms with Crippen molar-refractivity contribution in [1.29, 1.82) is 0 Å². The maximum Gasteiger partial charge on any atom is 0.266 e. The molecule has 2 aromatic carbocycles. The molecule has 0 aliphatic carbocycles. The number of rotatable bonds is 4. The van der Waals surface area contributed by atoms with Crippen LogP contribution >= 0.6 is 15.9 Å².